The molecule has 7 heteroatoms. The number of nitrogens with one attached hydrogen (secondary N) is 2. The topological polar surface area (TPSA) is 83.8 Å². The number of fused-ring (bicyclic) bond motifs is 1. The quantitative estimate of drug-likeness (QED) is 0.498. The molecule has 0 spiro atoms. The summed E-state index contributed by atoms with van der Waals surface area (Å²) in [7, 11) is 0. The number of nitro benzene ring substituents is 1. The van der Waals surface area contributed by atoms with Gasteiger partial charge in [-0.3, -0.25) is 10.1 Å². The summed E-state index contributed by atoms with van der Waals surface area (Å²) in [4.78, 5) is 17.7. The maximum Gasteiger partial charge on any atom is 0.271 e. The van der Waals surface area contributed by atoms with Gasteiger partial charge in [-0.25, -0.2) is 4.98 Å². The van der Waals surface area contributed by atoms with Gasteiger partial charge in [0.2, 0.25) is 5.95 Å². The summed E-state index contributed by atoms with van der Waals surface area (Å²) in [6.07, 6.45) is 0.882. The van der Waals surface area contributed by atoms with E-state index in [9.17, 15) is 10.1 Å². The zero-order chi connectivity index (χ0) is 15.6. The summed E-state index contributed by atoms with van der Waals surface area (Å²) in [5.74, 6) is 0.574. The van der Waals surface area contributed by atoms with Crippen molar-refractivity contribution < 1.29 is 4.92 Å². The molecule has 0 bridgehead atoms. The van der Waals surface area contributed by atoms with Crippen molar-refractivity contribution in [3.05, 3.63) is 28.3 Å². The van der Waals surface area contributed by atoms with Gasteiger partial charge in [-0.2, -0.15) is 0 Å². The molecule has 1 unspecified atom stereocenters. The molecule has 0 saturated carbocycles. The van der Waals surface area contributed by atoms with Gasteiger partial charge in [0, 0.05) is 18.7 Å². The Morgan fingerprint density at radius 3 is 2.81 bits per heavy atom. The second-order valence-electron chi connectivity index (χ2n) is 6.29. The van der Waals surface area contributed by atoms with Crippen LogP contribution in [0.1, 0.15) is 27.2 Å². The lowest BCUT2D eigenvalue weighted by molar-refractivity contribution is -0.384. The highest BCUT2D eigenvalue weighted by atomic mass is 35.5. The van der Waals surface area contributed by atoms with E-state index in [0.29, 0.717) is 23.5 Å². The Morgan fingerprint density at radius 2 is 2.19 bits per heavy atom. The zero-order valence-electron chi connectivity index (χ0n) is 12.3. The fraction of sp³-hybridized carbons (Fsp3) is 0.500. The monoisotopic (exact) mass is 310 g/mol. The van der Waals surface area contributed by atoms with Crippen LogP contribution in [0.25, 0.3) is 11.0 Å². The highest BCUT2D eigenvalue weighted by Gasteiger charge is 2.17. The molecule has 1 heterocycles. The number of nitro groups is 1. The van der Waals surface area contributed by atoms with E-state index in [1.165, 1.54) is 12.1 Å². The Morgan fingerprint density at radius 1 is 1.48 bits per heavy atom. The second kappa shape index (κ2) is 5.89. The average molecular weight is 311 g/mol. The van der Waals surface area contributed by atoms with Crippen molar-refractivity contribution in [3.63, 3.8) is 0 Å². The fourth-order valence-electron chi connectivity index (χ4n) is 2.14. The molecule has 1 aromatic carbocycles. The fourth-order valence-corrected chi connectivity index (χ4v) is 2.68. The number of benzene rings is 1. The van der Waals surface area contributed by atoms with E-state index in [1.54, 1.807) is 6.07 Å². The van der Waals surface area contributed by atoms with E-state index < -0.39 is 4.92 Å². The Bertz CT molecular complexity index is 648. The van der Waals surface area contributed by atoms with Crippen LogP contribution >= 0.6 is 11.6 Å². The van der Waals surface area contributed by atoms with Crippen LogP contribution in [0.2, 0.25) is 0 Å². The lowest BCUT2D eigenvalue weighted by Crippen LogP contribution is -2.21. The Kier molecular flexibility index (Phi) is 4.37. The summed E-state index contributed by atoms with van der Waals surface area (Å²) in [5, 5.41) is 13.9. The Balaban J connectivity index is 2.04. The van der Waals surface area contributed by atoms with Crippen LogP contribution in [0.15, 0.2) is 18.2 Å². The van der Waals surface area contributed by atoms with Crippen molar-refractivity contribution in [2.45, 2.75) is 32.6 Å². The molecule has 1 aromatic heterocycles. The SMILES string of the molecule is CC(C)(C)CC(Cl)CNc1nc2ccc([N+](=O)[O-])cc2[nH]1. The number of rotatable bonds is 5. The summed E-state index contributed by atoms with van der Waals surface area (Å²) >= 11 is 6.29. The molecule has 2 aromatic rings. The van der Waals surface area contributed by atoms with Crippen LogP contribution in [-0.4, -0.2) is 26.8 Å². The van der Waals surface area contributed by atoms with Crippen molar-refractivity contribution in [1.82, 2.24) is 9.97 Å². The van der Waals surface area contributed by atoms with Crippen molar-refractivity contribution in [2.24, 2.45) is 5.41 Å². The van der Waals surface area contributed by atoms with Gasteiger partial charge in [-0.15, -0.1) is 11.6 Å². The second-order valence-corrected chi connectivity index (χ2v) is 6.90. The third-order valence-corrected chi connectivity index (χ3v) is 3.31. The Labute approximate surface area is 128 Å². The summed E-state index contributed by atoms with van der Waals surface area (Å²) in [6.45, 7) is 7.01. The van der Waals surface area contributed by atoms with E-state index in [2.05, 4.69) is 36.1 Å². The molecule has 0 aliphatic rings. The van der Waals surface area contributed by atoms with Gasteiger partial charge in [0.05, 0.1) is 21.3 Å². The van der Waals surface area contributed by atoms with Crippen LogP contribution in [0, 0.1) is 15.5 Å². The van der Waals surface area contributed by atoms with E-state index in [4.69, 9.17) is 11.6 Å². The number of aromatic nitrogens is 2. The molecule has 21 heavy (non-hydrogen) atoms. The molecule has 0 amide bonds. The van der Waals surface area contributed by atoms with Crippen LogP contribution in [-0.2, 0) is 0 Å². The molecule has 0 radical (unpaired) electrons. The van der Waals surface area contributed by atoms with Gasteiger partial charge in [0.1, 0.15) is 0 Å². The van der Waals surface area contributed by atoms with E-state index in [1.807, 2.05) is 0 Å². The lowest BCUT2D eigenvalue weighted by atomic mass is 9.90. The number of hydrogen-bond donors (Lipinski definition) is 2. The summed E-state index contributed by atoms with van der Waals surface area (Å²) in [5.41, 5.74) is 1.53. The van der Waals surface area contributed by atoms with Gasteiger partial charge in [0.25, 0.3) is 5.69 Å². The molecule has 1 atom stereocenters. The van der Waals surface area contributed by atoms with Crippen molar-refractivity contribution in [3.8, 4) is 0 Å². The standard InChI is InChI=1S/C14H19ClN4O2/c1-14(2,3)7-9(15)8-16-13-17-11-5-4-10(19(20)21)6-12(11)18-13/h4-6,9H,7-8H2,1-3H3,(H2,16,17,18). The first kappa shape index (κ1) is 15.6. The molecule has 2 rings (SSSR count). The predicted octanol–water partition coefficient (Wildman–Crippen LogP) is 3.93. The number of imidazole rings is 1. The maximum absolute atomic E-state index is 10.7. The van der Waals surface area contributed by atoms with E-state index >= 15 is 0 Å². The molecule has 6 nitrogen and oxygen atoms in total. The molecule has 0 saturated heterocycles. The Hall–Kier alpha value is -1.82. The van der Waals surface area contributed by atoms with Gasteiger partial charge in [-0.1, -0.05) is 20.8 Å². The van der Waals surface area contributed by atoms with Gasteiger partial charge < -0.3 is 10.3 Å². The number of non-ortho nitro benzene ring substituents is 1. The number of halogens is 1. The van der Waals surface area contributed by atoms with Crippen LogP contribution in [0.4, 0.5) is 11.6 Å². The molecule has 0 aliphatic carbocycles. The number of H-pyrrole nitrogens is 1. The van der Waals surface area contributed by atoms with Gasteiger partial charge >= 0.3 is 0 Å². The minimum Gasteiger partial charge on any atom is -0.354 e. The molecule has 114 valence electrons. The molecule has 0 fully saturated rings. The first-order chi connectivity index (χ1) is 9.74. The third-order valence-electron chi connectivity index (χ3n) is 3.00. The number of nitrogens with zero attached hydrogens (tertiary/aromatic N) is 2. The maximum atomic E-state index is 10.7. The lowest BCUT2D eigenvalue weighted by Gasteiger charge is -2.21. The first-order valence-electron chi connectivity index (χ1n) is 6.77. The predicted molar refractivity (Wildman–Crippen MR) is 85.0 cm³/mol. The van der Waals surface area contributed by atoms with Crippen molar-refractivity contribution >= 4 is 34.3 Å². The number of alkyl halides is 1. The molecule has 2 N–H and O–H groups in total. The summed E-state index contributed by atoms with van der Waals surface area (Å²) in [6, 6.07) is 4.54. The number of anilines is 1. The number of hydrogen-bond acceptors (Lipinski definition) is 4. The molecular formula is C14H19ClN4O2. The molecule has 0 aliphatic heterocycles. The summed E-state index contributed by atoms with van der Waals surface area (Å²) < 4.78 is 0. The van der Waals surface area contributed by atoms with E-state index in [-0.39, 0.29) is 16.5 Å². The van der Waals surface area contributed by atoms with Crippen molar-refractivity contribution in [1.29, 1.82) is 0 Å². The largest absolute Gasteiger partial charge is 0.354 e. The van der Waals surface area contributed by atoms with Gasteiger partial charge in [0.15, 0.2) is 0 Å². The highest BCUT2D eigenvalue weighted by molar-refractivity contribution is 6.20. The van der Waals surface area contributed by atoms with Crippen molar-refractivity contribution in [2.75, 3.05) is 11.9 Å². The van der Waals surface area contributed by atoms with Crippen LogP contribution < -0.4 is 5.32 Å². The smallest absolute Gasteiger partial charge is 0.271 e. The zero-order valence-corrected chi connectivity index (χ0v) is 13.1. The van der Waals surface area contributed by atoms with Gasteiger partial charge in [-0.05, 0) is 17.9 Å². The number of aromatic amines is 1. The van der Waals surface area contributed by atoms with Crippen LogP contribution in [0.5, 0.6) is 0 Å². The minimum atomic E-state index is -0.425. The van der Waals surface area contributed by atoms with E-state index in [0.717, 1.165) is 6.42 Å². The highest BCUT2D eigenvalue weighted by Crippen LogP contribution is 2.24. The molecular weight excluding hydrogens is 292 g/mol. The third kappa shape index (κ3) is 4.32. The first-order valence-corrected chi connectivity index (χ1v) is 7.20. The normalized spacial score (nSPS) is 13.3. The van der Waals surface area contributed by atoms with Crippen LogP contribution in [0.3, 0.4) is 0 Å². The minimum absolute atomic E-state index is 0.00690. The average Bonchev–Trinajstić information content (AvgIpc) is 2.75.